The third-order valence-corrected chi connectivity index (χ3v) is 6.75. The van der Waals surface area contributed by atoms with Crippen molar-refractivity contribution in [1.82, 2.24) is 24.5 Å². The summed E-state index contributed by atoms with van der Waals surface area (Å²) in [6.07, 6.45) is 14.4. The number of allylic oxidation sites excluding steroid dienone is 1. The first kappa shape index (κ1) is 23.0. The minimum Gasteiger partial charge on any atom is -0.368 e. The van der Waals surface area contributed by atoms with Gasteiger partial charge in [-0.2, -0.15) is 5.10 Å². The summed E-state index contributed by atoms with van der Waals surface area (Å²) in [5, 5.41) is 4.20. The van der Waals surface area contributed by atoms with Crippen molar-refractivity contribution in [2.24, 2.45) is 5.41 Å². The van der Waals surface area contributed by atoms with Gasteiger partial charge in [-0.05, 0) is 55.0 Å². The number of rotatable bonds is 2. The second-order valence-electron chi connectivity index (χ2n) is 8.94. The Morgan fingerprint density at radius 2 is 1.91 bits per heavy atom. The molecule has 0 atom stereocenters. The number of aromatic nitrogens is 4. The smallest absolute Gasteiger partial charge is 0.228 e. The van der Waals surface area contributed by atoms with E-state index >= 15 is 0 Å². The molecule has 3 aromatic heterocycles. The van der Waals surface area contributed by atoms with E-state index in [0.29, 0.717) is 11.9 Å². The summed E-state index contributed by atoms with van der Waals surface area (Å²) in [6.45, 7) is 8.14. The highest BCUT2D eigenvalue weighted by Gasteiger charge is 2.42. The zero-order valence-corrected chi connectivity index (χ0v) is 19.9. The maximum atomic E-state index is 11.9. The molecule has 1 aliphatic heterocycles. The molecule has 4 heterocycles. The Morgan fingerprint density at radius 1 is 1.15 bits per heavy atom. The van der Waals surface area contributed by atoms with E-state index in [2.05, 4.69) is 45.1 Å². The molecule has 0 aromatic carbocycles. The fourth-order valence-electron chi connectivity index (χ4n) is 4.71. The van der Waals surface area contributed by atoms with Crippen LogP contribution in [-0.2, 0) is 11.2 Å². The monoisotopic (exact) mass is 450 g/mol. The van der Waals surface area contributed by atoms with Crippen LogP contribution in [0.25, 0.3) is 11.1 Å². The quantitative estimate of drug-likeness (QED) is 0.593. The molecule has 2 N–H and O–H groups in total. The minimum absolute atomic E-state index is 0. The molecule has 0 unspecified atom stereocenters. The number of likely N-dealkylation sites (tertiary alicyclic amines) is 1. The fraction of sp³-hybridized carbons (Fsp3) is 0.462. The first-order valence-electron chi connectivity index (χ1n) is 12.1. The second-order valence-corrected chi connectivity index (χ2v) is 8.94. The average Bonchev–Trinajstić information content (AvgIpc) is 3.58. The Bertz CT molecular complexity index is 1170. The van der Waals surface area contributed by atoms with Crippen LogP contribution in [0.2, 0.25) is 0 Å². The molecule has 7 nitrogen and oxygen atoms in total. The van der Waals surface area contributed by atoms with Crippen LogP contribution in [0.3, 0.4) is 0 Å². The van der Waals surface area contributed by atoms with Gasteiger partial charge in [0.25, 0.3) is 0 Å². The standard InChI is InChI=1S/C14H11N5.C10H17NO.C2H6.2H2/c15-14-16-8-12-11(1-2-13(12)18-14)9-4-6-19-10(7-9)3-5-17-19;1-10(5-4-6-10)9(12)11-7-2-3-8-11;1-2;;/h1,3-8H,2H2,(H2,15,16,18);2-8H2,1H3;1-2H3;2*1H. The summed E-state index contributed by atoms with van der Waals surface area (Å²) in [4.78, 5) is 22.3. The summed E-state index contributed by atoms with van der Waals surface area (Å²) >= 11 is 0. The Morgan fingerprint density at radius 3 is 2.61 bits per heavy atom. The molecular weight excluding hydrogens is 412 g/mol. The minimum atomic E-state index is 0. The van der Waals surface area contributed by atoms with Gasteiger partial charge in [-0.15, -0.1) is 0 Å². The molecule has 2 aliphatic carbocycles. The number of anilines is 1. The topological polar surface area (TPSA) is 89.4 Å². The number of carbonyl (C=O) groups is 1. The molecular formula is C26H38N6O. The molecule has 3 aliphatic rings. The fourth-order valence-corrected chi connectivity index (χ4v) is 4.71. The van der Waals surface area contributed by atoms with Crippen LogP contribution in [-0.4, -0.2) is 43.5 Å². The van der Waals surface area contributed by atoms with Crippen LogP contribution in [0, 0.1) is 5.41 Å². The molecule has 0 bridgehead atoms. The highest BCUT2D eigenvalue weighted by atomic mass is 16.2. The van der Waals surface area contributed by atoms with Crippen molar-refractivity contribution in [3.8, 4) is 0 Å². The number of hydrogen-bond acceptors (Lipinski definition) is 5. The van der Waals surface area contributed by atoms with Crippen molar-refractivity contribution < 1.29 is 7.65 Å². The maximum Gasteiger partial charge on any atom is 0.228 e. The molecule has 0 spiro atoms. The largest absolute Gasteiger partial charge is 0.368 e. The van der Waals surface area contributed by atoms with Crippen molar-refractivity contribution >= 4 is 22.9 Å². The third-order valence-electron chi connectivity index (χ3n) is 6.75. The van der Waals surface area contributed by atoms with Gasteiger partial charge in [0.05, 0.1) is 11.2 Å². The van der Waals surface area contributed by atoms with E-state index in [-0.39, 0.29) is 8.27 Å². The lowest BCUT2D eigenvalue weighted by Gasteiger charge is -2.39. The lowest BCUT2D eigenvalue weighted by molar-refractivity contribution is -0.144. The van der Waals surface area contributed by atoms with Crippen LogP contribution in [0.1, 0.15) is 72.5 Å². The van der Waals surface area contributed by atoms with Gasteiger partial charge in [-0.1, -0.05) is 33.3 Å². The normalized spacial score (nSPS) is 17.8. The summed E-state index contributed by atoms with van der Waals surface area (Å²) in [6, 6.07) is 6.15. The number of nitrogen functional groups attached to an aromatic ring is 1. The van der Waals surface area contributed by atoms with Crippen LogP contribution in [0.5, 0.6) is 0 Å². The first-order chi connectivity index (χ1) is 16.0. The van der Waals surface area contributed by atoms with Gasteiger partial charge in [0, 0.05) is 51.9 Å². The highest BCUT2D eigenvalue weighted by Crippen LogP contribution is 2.42. The Kier molecular flexibility index (Phi) is 6.77. The number of nitrogens with two attached hydrogens (primary N) is 1. The van der Waals surface area contributed by atoms with E-state index < -0.39 is 0 Å². The predicted octanol–water partition coefficient (Wildman–Crippen LogP) is 5.01. The van der Waals surface area contributed by atoms with Gasteiger partial charge in [0.15, 0.2) is 0 Å². The van der Waals surface area contributed by atoms with E-state index in [9.17, 15) is 4.79 Å². The lowest BCUT2D eigenvalue weighted by atomic mass is 9.69. The van der Waals surface area contributed by atoms with E-state index in [1.807, 2.05) is 30.6 Å². The molecule has 33 heavy (non-hydrogen) atoms. The molecule has 0 radical (unpaired) electrons. The molecule has 3 aromatic rings. The number of fused-ring (bicyclic) bond motifs is 2. The molecule has 178 valence electrons. The van der Waals surface area contributed by atoms with Crippen LogP contribution in [0.4, 0.5) is 5.95 Å². The first-order valence-corrected chi connectivity index (χ1v) is 12.1. The molecule has 6 rings (SSSR count). The number of amides is 1. The van der Waals surface area contributed by atoms with Gasteiger partial charge in [-0.3, -0.25) is 4.79 Å². The summed E-state index contributed by atoms with van der Waals surface area (Å²) in [7, 11) is 0. The zero-order valence-electron chi connectivity index (χ0n) is 19.9. The van der Waals surface area contributed by atoms with E-state index in [1.54, 1.807) is 12.4 Å². The highest BCUT2D eigenvalue weighted by molar-refractivity contribution is 5.85. The number of carbonyl (C=O) groups excluding carboxylic acids is 1. The van der Waals surface area contributed by atoms with Crippen LogP contribution < -0.4 is 5.73 Å². The van der Waals surface area contributed by atoms with Crippen LogP contribution in [0.15, 0.2) is 42.9 Å². The van der Waals surface area contributed by atoms with Crippen molar-refractivity contribution in [2.45, 2.75) is 59.3 Å². The van der Waals surface area contributed by atoms with Crippen LogP contribution >= 0.6 is 0 Å². The van der Waals surface area contributed by atoms with E-state index in [4.69, 9.17) is 5.73 Å². The molecule has 1 saturated carbocycles. The molecule has 2 fully saturated rings. The van der Waals surface area contributed by atoms with E-state index in [0.717, 1.165) is 54.7 Å². The molecule has 1 saturated heterocycles. The molecule has 1 amide bonds. The van der Waals surface area contributed by atoms with Gasteiger partial charge in [0.2, 0.25) is 11.9 Å². The van der Waals surface area contributed by atoms with Crippen molar-refractivity contribution in [1.29, 1.82) is 0 Å². The predicted molar refractivity (Wildman–Crippen MR) is 136 cm³/mol. The lowest BCUT2D eigenvalue weighted by Crippen LogP contribution is -2.44. The maximum absolute atomic E-state index is 11.9. The zero-order chi connectivity index (χ0) is 23.4. The van der Waals surface area contributed by atoms with Crippen molar-refractivity contribution in [2.75, 3.05) is 18.8 Å². The SMILES string of the molecule is CC.CC1(C(=O)N2CCCC2)CCC1.Nc1ncc2c(n1)CC=C2c1ccn2nccc2c1.[HH].[HH]. The Hall–Kier alpha value is -3.22. The Labute approximate surface area is 198 Å². The summed E-state index contributed by atoms with van der Waals surface area (Å²) in [5.74, 6) is 0.755. The number of hydrogen-bond donors (Lipinski definition) is 1. The third kappa shape index (κ3) is 4.63. The van der Waals surface area contributed by atoms with Crippen molar-refractivity contribution in [3.63, 3.8) is 0 Å². The summed E-state index contributed by atoms with van der Waals surface area (Å²) < 4.78 is 1.85. The number of nitrogens with zero attached hydrogens (tertiary/aromatic N) is 5. The summed E-state index contributed by atoms with van der Waals surface area (Å²) in [5.41, 5.74) is 11.1. The van der Waals surface area contributed by atoms with Gasteiger partial charge in [0.1, 0.15) is 0 Å². The second kappa shape index (κ2) is 9.73. The van der Waals surface area contributed by atoms with Gasteiger partial charge >= 0.3 is 0 Å². The van der Waals surface area contributed by atoms with Gasteiger partial charge in [-0.25, -0.2) is 14.5 Å². The number of pyridine rings is 1. The van der Waals surface area contributed by atoms with Crippen molar-refractivity contribution in [3.05, 3.63) is 59.7 Å². The van der Waals surface area contributed by atoms with Gasteiger partial charge < -0.3 is 10.6 Å². The van der Waals surface area contributed by atoms with E-state index in [1.165, 1.54) is 24.8 Å². The molecule has 7 heteroatoms. The Balaban J connectivity index is 0.000000236. The average molecular weight is 451 g/mol.